The summed E-state index contributed by atoms with van der Waals surface area (Å²) < 4.78 is 2.02. The van der Waals surface area contributed by atoms with Crippen LogP contribution in [0.1, 0.15) is 17.2 Å². The van der Waals surface area contributed by atoms with E-state index in [2.05, 4.69) is 32.3 Å². The minimum absolute atomic E-state index is 0.505. The lowest BCUT2D eigenvalue weighted by molar-refractivity contribution is 0.604. The van der Waals surface area contributed by atoms with Gasteiger partial charge < -0.3 is 10.6 Å². The van der Waals surface area contributed by atoms with Gasteiger partial charge in [-0.05, 0) is 5.56 Å². The number of nitrogen functional groups attached to an aromatic ring is 1. The van der Waals surface area contributed by atoms with Gasteiger partial charge in [0.05, 0.1) is 6.54 Å². The van der Waals surface area contributed by atoms with Crippen LogP contribution in [0.25, 0.3) is 0 Å². The number of nitrogens with two attached hydrogens (primary N) is 1. The summed E-state index contributed by atoms with van der Waals surface area (Å²) in [5, 5.41) is 14.0. The van der Waals surface area contributed by atoms with Crippen LogP contribution in [-0.4, -0.2) is 38.1 Å². The van der Waals surface area contributed by atoms with Crippen LogP contribution in [-0.2, 0) is 19.4 Å². The Morgan fingerprint density at radius 1 is 1.09 bits per heavy atom. The van der Waals surface area contributed by atoms with Crippen molar-refractivity contribution in [2.45, 2.75) is 19.4 Å². The molecule has 3 aromatic rings. The predicted octanol–water partition coefficient (Wildman–Crippen LogP) is 1.37. The topological polar surface area (TPSA) is 85.8 Å². The number of anilines is 2. The molecule has 0 bridgehead atoms. The Labute approximate surface area is 137 Å². The molecule has 1 aromatic carbocycles. The molecular weight excluding hydrogens is 310 g/mol. The number of fused-ring (bicyclic) bond motifs is 1. The maximum Gasteiger partial charge on any atom is 0.210 e. The van der Waals surface area contributed by atoms with Crippen molar-refractivity contribution in [2.75, 3.05) is 23.7 Å². The number of hydrogen-bond acceptors (Lipinski definition) is 7. The molecule has 0 amide bonds. The van der Waals surface area contributed by atoms with Crippen LogP contribution < -0.4 is 10.6 Å². The van der Waals surface area contributed by atoms with Crippen molar-refractivity contribution in [3.63, 3.8) is 0 Å². The van der Waals surface area contributed by atoms with Crippen molar-refractivity contribution in [1.29, 1.82) is 0 Å². The van der Waals surface area contributed by atoms with Gasteiger partial charge in [-0.15, -0.1) is 10.2 Å². The zero-order chi connectivity index (χ0) is 15.6. The zero-order valence-corrected chi connectivity index (χ0v) is 13.4. The molecule has 0 saturated carbocycles. The highest BCUT2D eigenvalue weighted by atomic mass is 32.1. The van der Waals surface area contributed by atoms with Crippen molar-refractivity contribution >= 4 is 21.6 Å². The van der Waals surface area contributed by atoms with E-state index in [1.165, 1.54) is 16.9 Å². The third kappa shape index (κ3) is 3.02. The SMILES string of the molecule is Nc1nnc(N2CCc3nc(Cc4ccccc4)nn3CC2)s1. The average Bonchev–Trinajstić information content (AvgIpc) is 3.10. The number of aromatic nitrogens is 5. The van der Waals surface area contributed by atoms with Crippen LogP contribution in [0, 0.1) is 0 Å². The summed E-state index contributed by atoms with van der Waals surface area (Å²) in [6, 6.07) is 10.3. The molecule has 0 unspecified atom stereocenters. The predicted molar refractivity (Wildman–Crippen MR) is 89.5 cm³/mol. The Kier molecular flexibility index (Phi) is 3.66. The fraction of sp³-hybridized carbons (Fsp3) is 0.333. The Morgan fingerprint density at radius 2 is 1.96 bits per heavy atom. The second kappa shape index (κ2) is 5.96. The Hall–Kier alpha value is -2.48. The fourth-order valence-corrected chi connectivity index (χ4v) is 3.41. The van der Waals surface area contributed by atoms with Gasteiger partial charge in [0.2, 0.25) is 10.3 Å². The first kappa shape index (κ1) is 14.1. The van der Waals surface area contributed by atoms with Crippen LogP contribution >= 0.6 is 11.3 Å². The van der Waals surface area contributed by atoms with Crippen LogP contribution in [0.2, 0.25) is 0 Å². The fourth-order valence-electron chi connectivity index (χ4n) is 2.75. The Bertz CT molecular complexity index is 770. The van der Waals surface area contributed by atoms with E-state index in [-0.39, 0.29) is 0 Å². The molecule has 1 aliphatic heterocycles. The highest BCUT2D eigenvalue weighted by Crippen LogP contribution is 2.23. The van der Waals surface area contributed by atoms with Crippen LogP contribution in [0.15, 0.2) is 30.3 Å². The van der Waals surface area contributed by atoms with Crippen molar-refractivity contribution in [2.24, 2.45) is 0 Å². The highest BCUT2D eigenvalue weighted by Gasteiger charge is 2.19. The molecule has 0 atom stereocenters. The van der Waals surface area contributed by atoms with Crippen molar-refractivity contribution in [1.82, 2.24) is 25.0 Å². The lowest BCUT2D eigenvalue weighted by atomic mass is 10.1. The molecule has 0 fully saturated rings. The molecule has 3 heterocycles. The van der Waals surface area contributed by atoms with Gasteiger partial charge in [-0.25, -0.2) is 9.67 Å². The molecule has 2 N–H and O–H groups in total. The Morgan fingerprint density at radius 3 is 2.74 bits per heavy atom. The molecule has 2 aromatic heterocycles. The molecule has 4 rings (SSSR count). The number of benzene rings is 1. The summed E-state index contributed by atoms with van der Waals surface area (Å²) >= 11 is 1.42. The summed E-state index contributed by atoms with van der Waals surface area (Å²) in [5.41, 5.74) is 6.91. The van der Waals surface area contributed by atoms with E-state index in [0.717, 1.165) is 49.3 Å². The van der Waals surface area contributed by atoms with Gasteiger partial charge in [0.25, 0.3) is 0 Å². The van der Waals surface area contributed by atoms with Crippen molar-refractivity contribution in [3.05, 3.63) is 47.5 Å². The van der Waals surface area contributed by atoms with E-state index < -0.39 is 0 Å². The molecule has 0 radical (unpaired) electrons. The Balaban J connectivity index is 1.47. The van der Waals surface area contributed by atoms with Gasteiger partial charge in [-0.1, -0.05) is 41.7 Å². The molecule has 0 saturated heterocycles. The second-order valence-electron chi connectivity index (χ2n) is 5.49. The van der Waals surface area contributed by atoms with E-state index in [4.69, 9.17) is 10.7 Å². The standard InChI is InChI=1S/C15H17N7S/c16-14-18-19-15(23-14)21-7-6-13-17-12(20-22(13)9-8-21)10-11-4-2-1-3-5-11/h1-5H,6-10H2,(H2,16,18). The van der Waals surface area contributed by atoms with Gasteiger partial charge in [-0.3, -0.25) is 0 Å². The van der Waals surface area contributed by atoms with Gasteiger partial charge >= 0.3 is 0 Å². The quantitative estimate of drug-likeness (QED) is 0.782. The molecule has 8 heteroatoms. The van der Waals surface area contributed by atoms with Crippen molar-refractivity contribution in [3.8, 4) is 0 Å². The second-order valence-corrected chi connectivity index (χ2v) is 6.48. The summed E-state index contributed by atoms with van der Waals surface area (Å²) in [5.74, 6) is 1.93. The molecule has 23 heavy (non-hydrogen) atoms. The van der Waals surface area contributed by atoms with E-state index in [9.17, 15) is 0 Å². The molecule has 7 nitrogen and oxygen atoms in total. The molecule has 1 aliphatic rings. The number of nitrogens with zero attached hydrogens (tertiary/aromatic N) is 6. The maximum absolute atomic E-state index is 5.67. The monoisotopic (exact) mass is 327 g/mol. The van der Waals surface area contributed by atoms with Gasteiger partial charge in [-0.2, -0.15) is 5.10 Å². The van der Waals surface area contributed by atoms with Crippen molar-refractivity contribution < 1.29 is 0 Å². The van der Waals surface area contributed by atoms with Crippen LogP contribution in [0.5, 0.6) is 0 Å². The smallest absolute Gasteiger partial charge is 0.210 e. The lowest BCUT2D eigenvalue weighted by Gasteiger charge is -2.17. The average molecular weight is 327 g/mol. The molecule has 0 spiro atoms. The minimum Gasteiger partial charge on any atom is -0.374 e. The minimum atomic E-state index is 0.505. The first-order valence-corrected chi connectivity index (χ1v) is 8.40. The zero-order valence-electron chi connectivity index (χ0n) is 12.6. The third-order valence-corrected chi connectivity index (χ3v) is 4.70. The van der Waals surface area contributed by atoms with E-state index in [1.807, 2.05) is 22.9 Å². The van der Waals surface area contributed by atoms with Gasteiger partial charge in [0, 0.05) is 25.9 Å². The number of hydrogen-bond donors (Lipinski definition) is 1. The van der Waals surface area contributed by atoms with Crippen LogP contribution in [0.3, 0.4) is 0 Å². The molecule has 118 valence electrons. The van der Waals surface area contributed by atoms with E-state index in [0.29, 0.717) is 5.13 Å². The third-order valence-electron chi connectivity index (χ3n) is 3.88. The first-order chi connectivity index (χ1) is 11.3. The van der Waals surface area contributed by atoms with Crippen LogP contribution in [0.4, 0.5) is 10.3 Å². The molecular formula is C15H17N7S. The van der Waals surface area contributed by atoms with Gasteiger partial charge in [0.15, 0.2) is 5.82 Å². The highest BCUT2D eigenvalue weighted by molar-refractivity contribution is 7.18. The first-order valence-electron chi connectivity index (χ1n) is 7.58. The summed E-state index contributed by atoms with van der Waals surface area (Å²) in [4.78, 5) is 6.90. The summed E-state index contributed by atoms with van der Waals surface area (Å²) in [6.07, 6.45) is 1.62. The maximum atomic E-state index is 5.67. The number of rotatable bonds is 3. The summed E-state index contributed by atoms with van der Waals surface area (Å²) in [7, 11) is 0. The van der Waals surface area contributed by atoms with E-state index >= 15 is 0 Å². The normalized spacial score (nSPS) is 14.5. The largest absolute Gasteiger partial charge is 0.374 e. The van der Waals surface area contributed by atoms with E-state index in [1.54, 1.807) is 0 Å². The van der Waals surface area contributed by atoms with Gasteiger partial charge in [0.1, 0.15) is 5.82 Å². The summed E-state index contributed by atoms with van der Waals surface area (Å²) in [6.45, 7) is 2.50. The molecule has 0 aliphatic carbocycles. The lowest BCUT2D eigenvalue weighted by Crippen LogP contribution is -2.26.